The molecule has 0 amide bonds. The van der Waals surface area contributed by atoms with Crippen LogP contribution in [-0.4, -0.2) is 9.97 Å². The Hall–Kier alpha value is -1.84. The SMILES string of the molecule is Cc1cnccc1NCc1nc(C)c(C)o1. The van der Waals surface area contributed by atoms with Crippen LogP contribution in [0.15, 0.2) is 22.9 Å². The van der Waals surface area contributed by atoms with Crippen molar-refractivity contribution in [1.29, 1.82) is 0 Å². The molecule has 84 valence electrons. The average Bonchev–Trinajstić information content (AvgIpc) is 2.57. The molecule has 0 unspecified atom stereocenters. The maximum atomic E-state index is 5.49. The van der Waals surface area contributed by atoms with Crippen molar-refractivity contribution in [3.05, 3.63) is 41.4 Å². The lowest BCUT2D eigenvalue weighted by Crippen LogP contribution is -2.01. The Morgan fingerprint density at radius 1 is 1.31 bits per heavy atom. The first-order chi connectivity index (χ1) is 7.66. The first-order valence-corrected chi connectivity index (χ1v) is 5.24. The Morgan fingerprint density at radius 3 is 2.75 bits per heavy atom. The van der Waals surface area contributed by atoms with Crippen molar-refractivity contribution in [3.63, 3.8) is 0 Å². The third-order valence-electron chi connectivity index (χ3n) is 2.52. The van der Waals surface area contributed by atoms with E-state index in [2.05, 4.69) is 15.3 Å². The zero-order valence-electron chi connectivity index (χ0n) is 9.74. The van der Waals surface area contributed by atoms with E-state index in [1.807, 2.05) is 33.0 Å². The van der Waals surface area contributed by atoms with Gasteiger partial charge in [0.2, 0.25) is 5.89 Å². The van der Waals surface area contributed by atoms with Crippen LogP contribution in [0.5, 0.6) is 0 Å². The quantitative estimate of drug-likeness (QED) is 0.858. The lowest BCUT2D eigenvalue weighted by Gasteiger charge is -2.05. The average molecular weight is 217 g/mol. The number of aromatic nitrogens is 2. The molecule has 0 saturated heterocycles. The van der Waals surface area contributed by atoms with Gasteiger partial charge in [0.25, 0.3) is 0 Å². The molecule has 16 heavy (non-hydrogen) atoms. The van der Waals surface area contributed by atoms with Crippen molar-refractivity contribution in [1.82, 2.24) is 9.97 Å². The third-order valence-corrected chi connectivity index (χ3v) is 2.52. The number of aryl methyl sites for hydroxylation is 3. The fourth-order valence-electron chi connectivity index (χ4n) is 1.46. The molecule has 1 N–H and O–H groups in total. The van der Waals surface area contributed by atoms with E-state index in [0.29, 0.717) is 12.4 Å². The van der Waals surface area contributed by atoms with Crippen LogP contribution in [0.25, 0.3) is 0 Å². The van der Waals surface area contributed by atoms with Gasteiger partial charge in [0.05, 0.1) is 12.2 Å². The number of hydrogen-bond acceptors (Lipinski definition) is 4. The molecule has 0 aromatic carbocycles. The molecule has 0 saturated carbocycles. The molecule has 0 aliphatic carbocycles. The predicted octanol–water partition coefficient (Wildman–Crippen LogP) is 2.61. The van der Waals surface area contributed by atoms with E-state index in [0.717, 1.165) is 22.7 Å². The van der Waals surface area contributed by atoms with Gasteiger partial charge in [-0.25, -0.2) is 4.98 Å². The molecule has 4 nitrogen and oxygen atoms in total. The van der Waals surface area contributed by atoms with E-state index in [1.165, 1.54) is 0 Å². The number of nitrogens with one attached hydrogen (secondary N) is 1. The van der Waals surface area contributed by atoms with Crippen molar-refractivity contribution in [3.8, 4) is 0 Å². The van der Waals surface area contributed by atoms with Crippen molar-refractivity contribution >= 4 is 5.69 Å². The highest BCUT2D eigenvalue weighted by molar-refractivity contribution is 5.48. The smallest absolute Gasteiger partial charge is 0.213 e. The number of pyridine rings is 1. The van der Waals surface area contributed by atoms with Crippen molar-refractivity contribution in [2.45, 2.75) is 27.3 Å². The number of anilines is 1. The minimum Gasteiger partial charge on any atom is -0.444 e. The zero-order valence-corrected chi connectivity index (χ0v) is 9.74. The maximum absolute atomic E-state index is 5.49. The lowest BCUT2D eigenvalue weighted by molar-refractivity contribution is 0.478. The van der Waals surface area contributed by atoms with Gasteiger partial charge < -0.3 is 9.73 Å². The first-order valence-electron chi connectivity index (χ1n) is 5.24. The second-order valence-corrected chi connectivity index (χ2v) is 3.79. The number of oxazole rings is 1. The van der Waals surface area contributed by atoms with E-state index in [4.69, 9.17) is 4.42 Å². The van der Waals surface area contributed by atoms with Crippen LogP contribution >= 0.6 is 0 Å². The Morgan fingerprint density at radius 2 is 2.12 bits per heavy atom. The van der Waals surface area contributed by atoms with Gasteiger partial charge in [-0.15, -0.1) is 0 Å². The summed E-state index contributed by atoms with van der Waals surface area (Å²) in [4.78, 5) is 8.35. The largest absolute Gasteiger partial charge is 0.444 e. The maximum Gasteiger partial charge on any atom is 0.213 e. The molecule has 4 heteroatoms. The van der Waals surface area contributed by atoms with Crippen LogP contribution < -0.4 is 5.32 Å². The Bertz CT molecular complexity index is 471. The molecule has 0 aliphatic heterocycles. The summed E-state index contributed by atoms with van der Waals surface area (Å²) in [7, 11) is 0. The predicted molar refractivity (Wildman–Crippen MR) is 62.3 cm³/mol. The highest BCUT2D eigenvalue weighted by Crippen LogP contribution is 2.14. The molecule has 0 fully saturated rings. The van der Waals surface area contributed by atoms with E-state index in [1.54, 1.807) is 6.20 Å². The van der Waals surface area contributed by atoms with Gasteiger partial charge in [0, 0.05) is 18.1 Å². The van der Waals surface area contributed by atoms with E-state index < -0.39 is 0 Å². The summed E-state index contributed by atoms with van der Waals surface area (Å²) in [6.07, 6.45) is 3.59. The fourth-order valence-corrected chi connectivity index (χ4v) is 1.46. The molecule has 0 aliphatic rings. The summed E-state index contributed by atoms with van der Waals surface area (Å²) in [6, 6.07) is 1.94. The topological polar surface area (TPSA) is 51.0 Å². The van der Waals surface area contributed by atoms with Crippen LogP contribution in [0.2, 0.25) is 0 Å². The van der Waals surface area contributed by atoms with Gasteiger partial charge in [0.1, 0.15) is 5.76 Å². The molecular weight excluding hydrogens is 202 g/mol. The van der Waals surface area contributed by atoms with Gasteiger partial charge in [-0.1, -0.05) is 0 Å². The number of hydrogen-bond donors (Lipinski definition) is 1. The van der Waals surface area contributed by atoms with Crippen molar-refractivity contribution in [2.75, 3.05) is 5.32 Å². The van der Waals surface area contributed by atoms with Gasteiger partial charge >= 0.3 is 0 Å². The normalized spacial score (nSPS) is 10.4. The van der Waals surface area contributed by atoms with Gasteiger partial charge in [-0.05, 0) is 32.4 Å². The minimum absolute atomic E-state index is 0.597. The third kappa shape index (κ3) is 2.21. The standard InChI is InChI=1S/C12H15N3O/c1-8-6-13-5-4-11(8)14-7-12-15-9(2)10(3)16-12/h4-6H,7H2,1-3H3,(H,13,14). The Labute approximate surface area is 94.7 Å². The first kappa shape index (κ1) is 10.7. The van der Waals surface area contributed by atoms with Gasteiger partial charge in [-0.2, -0.15) is 0 Å². The monoisotopic (exact) mass is 217 g/mol. The summed E-state index contributed by atoms with van der Waals surface area (Å²) in [5, 5.41) is 3.27. The van der Waals surface area contributed by atoms with E-state index in [-0.39, 0.29) is 0 Å². The van der Waals surface area contributed by atoms with Crippen LogP contribution in [0.4, 0.5) is 5.69 Å². The summed E-state index contributed by atoms with van der Waals surface area (Å²) >= 11 is 0. The highest BCUT2D eigenvalue weighted by Gasteiger charge is 2.05. The summed E-state index contributed by atoms with van der Waals surface area (Å²) in [5.74, 6) is 1.59. The van der Waals surface area contributed by atoms with Crippen LogP contribution in [0.3, 0.4) is 0 Å². The van der Waals surface area contributed by atoms with Gasteiger partial charge in [0.15, 0.2) is 0 Å². The molecule has 0 radical (unpaired) electrons. The summed E-state index contributed by atoms with van der Waals surface area (Å²) < 4.78 is 5.49. The molecule has 2 rings (SSSR count). The molecule has 2 aromatic rings. The molecule has 0 spiro atoms. The highest BCUT2D eigenvalue weighted by atomic mass is 16.4. The van der Waals surface area contributed by atoms with E-state index >= 15 is 0 Å². The van der Waals surface area contributed by atoms with E-state index in [9.17, 15) is 0 Å². The Kier molecular flexibility index (Phi) is 2.90. The minimum atomic E-state index is 0.597. The number of rotatable bonds is 3. The molecule has 0 bridgehead atoms. The second kappa shape index (κ2) is 4.35. The Balaban J connectivity index is 2.05. The number of nitrogens with zero attached hydrogens (tertiary/aromatic N) is 2. The summed E-state index contributed by atoms with van der Waals surface area (Å²) in [5.41, 5.74) is 3.12. The molecule has 2 aromatic heterocycles. The van der Waals surface area contributed by atoms with Crippen LogP contribution in [0, 0.1) is 20.8 Å². The fraction of sp³-hybridized carbons (Fsp3) is 0.333. The second-order valence-electron chi connectivity index (χ2n) is 3.79. The van der Waals surface area contributed by atoms with Gasteiger partial charge in [-0.3, -0.25) is 4.98 Å². The molecule has 0 atom stereocenters. The van der Waals surface area contributed by atoms with Crippen LogP contribution in [-0.2, 0) is 6.54 Å². The van der Waals surface area contributed by atoms with Crippen molar-refractivity contribution in [2.24, 2.45) is 0 Å². The molecule has 2 heterocycles. The molecular formula is C12H15N3O. The zero-order chi connectivity index (χ0) is 11.5. The summed E-state index contributed by atoms with van der Waals surface area (Å²) in [6.45, 7) is 6.48. The lowest BCUT2D eigenvalue weighted by atomic mass is 10.2. The van der Waals surface area contributed by atoms with Crippen molar-refractivity contribution < 1.29 is 4.42 Å². The van der Waals surface area contributed by atoms with Crippen LogP contribution in [0.1, 0.15) is 22.9 Å².